The quantitative estimate of drug-likeness (QED) is 0.594. The monoisotopic (exact) mass is 350 g/mol. The molecule has 0 atom stereocenters. The maximum absolute atomic E-state index is 11.7. The number of hydrazone groups is 2. The third-order valence-electron chi connectivity index (χ3n) is 3.74. The van der Waals surface area contributed by atoms with Gasteiger partial charge in [0.25, 0.3) is 0 Å². The van der Waals surface area contributed by atoms with E-state index in [1.54, 1.807) is 12.4 Å². The smallest absolute Gasteiger partial charge is 0.240 e. The van der Waals surface area contributed by atoms with E-state index in [0.717, 1.165) is 22.3 Å². The molecule has 2 rings (SSSR count). The van der Waals surface area contributed by atoms with E-state index < -0.39 is 0 Å². The van der Waals surface area contributed by atoms with Crippen LogP contribution in [0, 0.1) is 13.8 Å². The van der Waals surface area contributed by atoms with Crippen molar-refractivity contribution in [1.82, 2.24) is 10.9 Å². The molecule has 0 saturated heterocycles. The van der Waals surface area contributed by atoms with E-state index in [2.05, 4.69) is 21.1 Å². The molecule has 6 heteroatoms. The average molecular weight is 350 g/mol. The first-order valence-electron chi connectivity index (χ1n) is 8.31. The Hall–Kier alpha value is -3.28. The zero-order valence-electron chi connectivity index (χ0n) is 14.9. The standard InChI is InChI=1S/C20H22N4O2/c1-15-7-3-5-9-17(15)13-21-23-19(25)11-12-20(26)24-22-14-18-10-6-4-8-16(18)2/h3-10,13-14H,11-12H2,1-2H3,(H,23,25)(H,24,26)/b21-13-,22-14+. The molecule has 0 aliphatic heterocycles. The van der Waals surface area contributed by atoms with Crippen molar-refractivity contribution >= 4 is 24.2 Å². The van der Waals surface area contributed by atoms with Gasteiger partial charge in [-0.25, -0.2) is 10.9 Å². The molecular weight excluding hydrogens is 328 g/mol. The first-order valence-corrected chi connectivity index (χ1v) is 8.31. The number of benzene rings is 2. The molecule has 0 bridgehead atoms. The third-order valence-corrected chi connectivity index (χ3v) is 3.74. The van der Waals surface area contributed by atoms with Crippen LogP contribution in [-0.2, 0) is 9.59 Å². The Morgan fingerprint density at radius 3 is 1.54 bits per heavy atom. The highest BCUT2D eigenvalue weighted by atomic mass is 16.2. The van der Waals surface area contributed by atoms with Crippen LogP contribution in [0.3, 0.4) is 0 Å². The van der Waals surface area contributed by atoms with Crippen molar-refractivity contribution in [3.63, 3.8) is 0 Å². The molecule has 2 aromatic rings. The van der Waals surface area contributed by atoms with E-state index in [-0.39, 0.29) is 24.7 Å². The Bertz CT molecular complexity index is 759. The van der Waals surface area contributed by atoms with Crippen molar-refractivity contribution in [1.29, 1.82) is 0 Å². The van der Waals surface area contributed by atoms with E-state index in [0.29, 0.717) is 0 Å². The van der Waals surface area contributed by atoms with Crippen molar-refractivity contribution in [3.05, 3.63) is 70.8 Å². The van der Waals surface area contributed by atoms with Crippen LogP contribution in [0.2, 0.25) is 0 Å². The summed E-state index contributed by atoms with van der Waals surface area (Å²) in [5.74, 6) is -0.652. The van der Waals surface area contributed by atoms with Crippen LogP contribution in [0.15, 0.2) is 58.7 Å². The predicted octanol–water partition coefficient (Wildman–Crippen LogP) is 2.68. The minimum atomic E-state index is -0.326. The summed E-state index contributed by atoms with van der Waals surface area (Å²) >= 11 is 0. The number of aryl methyl sites for hydroxylation is 2. The maximum atomic E-state index is 11.7. The first-order chi connectivity index (χ1) is 12.6. The number of nitrogens with zero attached hydrogens (tertiary/aromatic N) is 2. The summed E-state index contributed by atoms with van der Waals surface area (Å²) in [6.07, 6.45) is 3.24. The van der Waals surface area contributed by atoms with Crippen LogP contribution < -0.4 is 10.9 Å². The largest absolute Gasteiger partial charge is 0.273 e. The van der Waals surface area contributed by atoms with Crippen molar-refractivity contribution in [2.45, 2.75) is 26.7 Å². The Labute approximate surface area is 153 Å². The molecule has 0 unspecified atom stereocenters. The highest BCUT2D eigenvalue weighted by molar-refractivity contribution is 5.87. The van der Waals surface area contributed by atoms with Gasteiger partial charge >= 0.3 is 0 Å². The van der Waals surface area contributed by atoms with Crippen LogP contribution in [-0.4, -0.2) is 24.2 Å². The summed E-state index contributed by atoms with van der Waals surface area (Å²) < 4.78 is 0. The van der Waals surface area contributed by atoms with Crippen LogP contribution in [0.5, 0.6) is 0 Å². The molecule has 26 heavy (non-hydrogen) atoms. The fourth-order valence-corrected chi connectivity index (χ4v) is 2.15. The normalized spacial score (nSPS) is 11.0. The zero-order valence-corrected chi connectivity index (χ0v) is 14.9. The zero-order chi connectivity index (χ0) is 18.8. The Morgan fingerprint density at radius 2 is 1.15 bits per heavy atom. The molecule has 0 heterocycles. The Balaban J connectivity index is 1.71. The number of hydrogen-bond donors (Lipinski definition) is 2. The van der Waals surface area contributed by atoms with E-state index >= 15 is 0 Å². The van der Waals surface area contributed by atoms with Gasteiger partial charge in [-0.1, -0.05) is 48.5 Å². The van der Waals surface area contributed by atoms with Gasteiger partial charge in [-0.15, -0.1) is 0 Å². The second kappa shape index (κ2) is 9.88. The van der Waals surface area contributed by atoms with Crippen LogP contribution in [0.25, 0.3) is 0 Å². The van der Waals surface area contributed by atoms with E-state index in [9.17, 15) is 9.59 Å². The van der Waals surface area contributed by atoms with Gasteiger partial charge < -0.3 is 0 Å². The summed E-state index contributed by atoms with van der Waals surface area (Å²) in [4.78, 5) is 23.4. The second-order valence-corrected chi connectivity index (χ2v) is 5.80. The molecule has 0 radical (unpaired) electrons. The average Bonchev–Trinajstić information content (AvgIpc) is 2.63. The minimum absolute atomic E-state index is 0.0385. The summed E-state index contributed by atoms with van der Waals surface area (Å²) in [6, 6.07) is 15.4. The van der Waals surface area contributed by atoms with Crippen LogP contribution >= 0.6 is 0 Å². The van der Waals surface area contributed by atoms with Crippen LogP contribution in [0.1, 0.15) is 35.1 Å². The summed E-state index contributed by atoms with van der Waals surface area (Å²) in [5, 5.41) is 7.81. The van der Waals surface area contributed by atoms with Gasteiger partial charge in [-0.3, -0.25) is 9.59 Å². The minimum Gasteiger partial charge on any atom is -0.273 e. The first kappa shape index (κ1) is 19.1. The molecule has 0 spiro atoms. The Kier molecular flexibility index (Phi) is 7.24. The van der Waals surface area contributed by atoms with Crippen molar-refractivity contribution in [3.8, 4) is 0 Å². The lowest BCUT2D eigenvalue weighted by Crippen LogP contribution is -2.22. The lowest BCUT2D eigenvalue weighted by atomic mass is 10.1. The van der Waals surface area contributed by atoms with Crippen molar-refractivity contribution < 1.29 is 9.59 Å². The van der Waals surface area contributed by atoms with E-state index in [4.69, 9.17) is 0 Å². The molecular formula is C20H22N4O2. The number of hydrogen-bond acceptors (Lipinski definition) is 4. The highest BCUT2D eigenvalue weighted by Gasteiger charge is 2.05. The van der Waals surface area contributed by atoms with Gasteiger partial charge in [-0.05, 0) is 36.1 Å². The van der Waals surface area contributed by atoms with Crippen LogP contribution in [0.4, 0.5) is 0 Å². The van der Waals surface area contributed by atoms with Gasteiger partial charge in [0, 0.05) is 12.8 Å². The number of rotatable bonds is 7. The van der Waals surface area contributed by atoms with E-state index in [1.807, 2.05) is 62.4 Å². The summed E-state index contributed by atoms with van der Waals surface area (Å²) in [5.41, 5.74) is 8.82. The van der Waals surface area contributed by atoms with Crippen molar-refractivity contribution in [2.24, 2.45) is 10.2 Å². The van der Waals surface area contributed by atoms with Crippen molar-refractivity contribution in [2.75, 3.05) is 0 Å². The molecule has 2 aromatic carbocycles. The fraction of sp³-hybridized carbons (Fsp3) is 0.200. The van der Waals surface area contributed by atoms with Gasteiger partial charge in [0.2, 0.25) is 11.8 Å². The highest BCUT2D eigenvalue weighted by Crippen LogP contribution is 2.04. The molecule has 0 saturated carbocycles. The Morgan fingerprint density at radius 1 is 0.769 bits per heavy atom. The molecule has 0 aliphatic rings. The lowest BCUT2D eigenvalue weighted by Gasteiger charge is -2.01. The number of amides is 2. The molecule has 6 nitrogen and oxygen atoms in total. The second-order valence-electron chi connectivity index (χ2n) is 5.80. The lowest BCUT2D eigenvalue weighted by molar-refractivity contribution is -0.126. The number of carbonyl (C=O) groups excluding carboxylic acids is 2. The molecule has 2 N–H and O–H groups in total. The fourth-order valence-electron chi connectivity index (χ4n) is 2.15. The molecule has 134 valence electrons. The predicted molar refractivity (Wildman–Crippen MR) is 103 cm³/mol. The summed E-state index contributed by atoms with van der Waals surface area (Å²) in [6.45, 7) is 3.93. The van der Waals surface area contributed by atoms with Gasteiger partial charge in [-0.2, -0.15) is 10.2 Å². The molecule has 0 aliphatic carbocycles. The number of carbonyl (C=O) groups is 2. The maximum Gasteiger partial charge on any atom is 0.240 e. The topological polar surface area (TPSA) is 82.9 Å². The SMILES string of the molecule is Cc1ccccc1/C=N\NC(=O)CCC(=O)N/N=C/c1ccccc1C. The van der Waals surface area contributed by atoms with Gasteiger partial charge in [0.1, 0.15) is 0 Å². The third kappa shape index (κ3) is 6.32. The molecule has 0 aromatic heterocycles. The number of nitrogens with one attached hydrogen (secondary N) is 2. The van der Waals surface area contributed by atoms with Gasteiger partial charge in [0.15, 0.2) is 0 Å². The molecule has 2 amide bonds. The molecule has 0 fully saturated rings. The summed E-state index contributed by atoms with van der Waals surface area (Å²) in [7, 11) is 0. The van der Waals surface area contributed by atoms with E-state index in [1.165, 1.54) is 0 Å². The van der Waals surface area contributed by atoms with Gasteiger partial charge in [0.05, 0.1) is 12.4 Å².